The molecule has 1 aromatic heterocycles. The second kappa shape index (κ2) is 8.55. The Balaban J connectivity index is 1.49. The molecule has 0 bridgehead atoms. The third kappa shape index (κ3) is 4.49. The van der Waals surface area contributed by atoms with E-state index in [1.807, 2.05) is 35.2 Å². The summed E-state index contributed by atoms with van der Waals surface area (Å²) in [5.41, 5.74) is 11.4. The van der Waals surface area contributed by atoms with Crippen LogP contribution in [0.1, 0.15) is 67.6 Å². The average molecular weight is 486 g/mol. The Morgan fingerprint density at radius 3 is 2.63 bits per heavy atom. The average Bonchev–Trinajstić information content (AvgIpc) is 3.50. The number of hydrogen-bond acceptors (Lipinski definition) is 3. The van der Waals surface area contributed by atoms with Crippen molar-refractivity contribution in [3.63, 3.8) is 0 Å². The molecule has 0 saturated heterocycles. The summed E-state index contributed by atoms with van der Waals surface area (Å²) in [6.45, 7) is 4.41. The maximum atomic E-state index is 12.8. The van der Waals surface area contributed by atoms with Crippen LogP contribution < -0.4 is 11.1 Å². The lowest BCUT2D eigenvalue weighted by molar-refractivity contribution is -0.135. The van der Waals surface area contributed by atoms with Crippen molar-refractivity contribution in [2.45, 2.75) is 76.7 Å². The number of anilines is 1. The fourth-order valence-electron chi connectivity index (χ4n) is 5.50. The van der Waals surface area contributed by atoms with E-state index in [0.29, 0.717) is 11.9 Å². The van der Waals surface area contributed by atoms with Crippen molar-refractivity contribution in [3.05, 3.63) is 58.4 Å². The van der Waals surface area contributed by atoms with E-state index in [1.165, 1.54) is 0 Å². The topological polar surface area (TPSA) is 87.0 Å². The van der Waals surface area contributed by atoms with E-state index in [9.17, 15) is 18.0 Å². The normalized spacial score (nSPS) is 17.5. The van der Waals surface area contributed by atoms with Gasteiger partial charge in [0, 0.05) is 36.7 Å². The van der Waals surface area contributed by atoms with Crippen LogP contribution in [-0.4, -0.2) is 33.1 Å². The van der Waals surface area contributed by atoms with Crippen LogP contribution >= 0.6 is 0 Å². The van der Waals surface area contributed by atoms with Gasteiger partial charge in [-0.1, -0.05) is 18.2 Å². The molecular weight excluding hydrogens is 455 g/mol. The highest BCUT2D eigenvalue weighted by Crippen LogP contribution is 2.45. The van der Waals surface area contributed by atoms with Crippen molar-refractivity contribution >= 4 is 22.8 Å². The van der Waals surface area contributed by atoms with Gasteiger partial charge in [0.25, 0.3) is 0 Å². The number of aryl methyl sites for hydroxylation is 1. The first-order chi connectivity index (χ1) is 16.6. The third-order valence-corrected chi connectivity index (χ3v) is 7.11. The molecule has 0 spiro atoms. The van der Waals surface area contributed by atoms with E-state index in [2.05, 4.69) is 24.1 Å². The predicted molar refractivity (Wildman–Crippen MR) is 129 cm³/mol. The first kappa shape index (κ1) is 23.7. The number of halogens is 3. The number of H-pyrrole nitrogens is 1. The van der Waals surface area contributed by atoms with Gasteiger partial charge >= 0.3 is 12.2 Å². The van der Waals surface area contributed by atoms with E-state index < -0.39 is 18.1 Å². The van der Waals surface area contributed by atoms with Gasteiger partial charge in [-0.25, -0.2) is 9.78 Å². The Hall–Kier alpha value is -3.07. The largest absolute Gasteiger partial charge is 0.389 e. The molecule has 5 rings (SSSR count). The van der Waals surface area contributed by atoms with Gasteiger partial charge in [0.05, 0.1) is 16.6 Å². The highest BCUT2D eigenvalue weighted by Gasteiger charge is 2.47. The molecule has 186 valence electrons. The molecular formula is C26H30F3N5O. The standard InChI is InChI=1S/C26H30F3N5O/c1-25(2)22-15(5-3-7-19(22)32-24(35)34(25)17-9-10-17)13-21-31-20-11-8-16(14-30)18(23(20)33-21)6-4-12-26(27,28)29/h3,5,7-8,11,17H,4,6,9-10,12-14,30H2,1-2H3,(H,31,33)(H,32,35). The number of fused-ring (bicyclic) bond motifs is 2. The Kier molecular flexibility index (Phi) is 5.78. The monoisotopic (exact) mass is 485 g/mol. The van der Waals surface area contributed by atoms with Gasteiger partial charge in [-0.15, -0.1) is 0 Å². The van der Waals surface area contributed by atoms with Crippen LogP contribution in [0.5, 0.6) is 0 Å². The minimum absolute atomic E-state index is 0.00507. The van der Waals surface area contributed by atoms with E-state index in [4.69, 9.17) is 10.7 Å². The van der Waals surface area contributed by atoms with Gasteiger partial charge in [0.15, 0.2) is 0 Å². The number of rotatable bonds is 7. The number of nitrogens with zero attached hydrogens (tertiary/aromatic N) is 2. The summed E-state index contributed by atoms with van der Waals surface area (Å²) in [5, 5.41) is 3.05. The molecule has 1 aliphatic carbocycles. The van der Waals surface area contributed by atoms with Crippen molar-refractivity contribution in [1.82, 2.24) is 14.9 Å². The fourth-order valence-corrected chi connectivity index (χ4v) is 5.50. The number of alkyl halides is 3. The van der Waals surface area contributed by atoms with Crippen molar-refractivity contribution in [1.29, 1.82) is 0 Å². The molecule has 0 radical (unpaired) electrons. The van der Waals surface area contributed by atoms with E-state index >= 15 is 0 Å². The minimum Gasteiger partial charge on any atom is -0.342 e. The molecule has 3 aromatic rings. The van der Waals surface area contributed by atoms with Gasteiger partial charge in [-0.2, -0.15) is 13.2 Å². The molecule has 4 N–H and O–H groups in total. The van der Waals surface area contributed by atoms with Crippen LogP contribution in [0, 0.1) is 0 Å². The number of urea groups is 1. The molecule has 2 amide bonds. The molecule has 0 atom stereocenters. The lowest BCUT2D eigenvalue weighted by Gasteiger charge is -2.45. The highest BCUT2D eigenvalue weighted by molar-refractivity contribution is 5.94. The Morgan fingerprint density at radius 2 is 1.94 bits per heavy atom. The molecule has 35 heavy (non-hydrogen) atoms. The molecule has 0 unspecified atom stereocenters. The van der Waals surface area contributed by atoms with Crippen molar-refractivity contribution in [2.24, 2.45) is 5.73 Å². The highest BCUT2D eigenvalue weighted by atomic mass is 19.4. The first-order valence-corrected chi connectivity index (χ1v) is 12.1. The van der Waals surface area contributed by atoms with E-state index in [1.54, 1.807) is 0 Å². The predicted octanol–water partition coefficient (Wildman–Crippen LogP) is 5.74. The van der Waals surface area contributed by atoms with Gasteiger partial charge in [0.2, 0.25) is 0 Å². The summed E-state index contributed by atoms with van der Waals surface area (Å²) in [5.74, 6) is 0.727. The smallest absolute Gasteiger partial charge is 0.342 e. The van der Waals surface area contributed by atoms with Crippen molar-refractivity contribution < 1.29 is 18.0 Å². The molecule has 2 aliphatic rings. The van der Waals surface area contributed by atoms with Crippen LogP contribution in [-0.2, 0) is 24.9 Å². The van der Waals surface area contributed by atoms with Crippen LogP contribution in [0.2, 0.25) is 0 Å². The summed E-state index contributed by atoms with van der Waals surface area (Å²) in [6, 6.07) is 9.84. The summed E-state index contributed by atoms with van der Waals surface area (Å²) in [7, 11) is 0. The summed E-state index contributed by atoms with van der Waals surface area (Å²) >= 11 is 0. The number of nitrogens with one attached hydrogen (secondary N) is 2. The van der Waals surface area contributed by atoms with Crippen LogP contribution in [0.4, 0.5) is 23.7 Å². The molecule has 6 nitrogen and oxygen atoms in total. The van der Waals surface area contributed by atoms with Crippen LogP contribution in [0.3, 0.4) is 0 Å². The summed E-state index contributed by atoms with van der Waals surface area (Å²) in [6.07, 6.45) is -2.22. The Morgan fingerprint density at radius 1 is 1.17 bits per heavy atom. The maximum Gasteiger partial charge on any atom is 0.389 e. The second-order valence-corrected chi connectivity index (χ2v) is 10.1. The number of aromatic nitrogens is 2. The van der Waals surface area contributed by atoms with Gasteiger partial charge < -0.3 is 20.9 Å². The zero-order chi connectivity index (χ0) is 25.0. The fraction of sp³-hybridized carbons (Fsp3) is 0.462. The zero-order valence-electron chi connectivity index (χ0n) is 19.9. The second-order valence-electron chi connectivity index (χ2n) is 10.1. The number of carbonyl (C=O) groups is 1. The SMILES string of the molecule is CC1(C)c2c(Cc3nc4c(CCCC(F)(F)F)c(CN)ccc4[nH]3)cccc2NC(=O)N1C1CC1. The molecule has 2 heterocycles. The molecule has 1 fully saturated rings. The minimum atomic E-state index is -4.18. The van der Waals surface area contributed by atoms with Gasteiger partial charge in [0.1, 0.15) is 5.82 Å². The van der Waals surface area contributed by atoms with Gasteiger partial charge in [-0.05, 0) is 68.4 Å². The summed E-state index contributed by atoms with van der Waals surface area (Å²) in [4.78, 5) is 22.9. The first-order valence-electron chi connectivity index (χ1n) is 12.1. The lowest BCUT2D eigenvalue weighted by Crippen LogP contribution is -2.53. The maximum absolute atomic E-state index is 12.8. The number of imidazole rings is 1. The van der Waals surface area contributed by atoms with Crippen molar-refractivity contribution in [3.8, 4) is 0 Å². The van der Waals surface area contributed by atoms with Crippen LogP contribution in [0.25, 0.3) is 11.0 Å². The lowest BCUT2D eigenvalue weighted by atomic mass is 9.84. The zero-order valence-corrected chi connectivity index (χ0v) is 19.9. The Labute approximate surface area is 202 Å². The molecule has 1 aliphatic heterocycles. The third-order valence-electron chi connectivity index (χ3n) is 7.11. The number of nitrogens with two attached hydrogens (primary N) is 1. The molecule has 9 heteroatoms. The number of benzene rings is 2. The Bertz CT molecular complexity index is 1280. The number of aromatic amines is 1. The van der Waals surface area contributed by atoms with Crippen molar-refractivity contribution in [2.75, 3.05) is 5.32 Å². The number of carbonyl (C=O) groups excluding carboxylic acids is 1. The number of hydrogen-bond donors (Lipinski definition) is 3. The van der Waals surface area contributed by atoms with E-state index in [-0.39, 0.29) is 31.5 Å². The van der Waals surface area contributed by atoms with E-state index in [0.717, 1.165) is 52.1 Å². The summed E-state index contributed by atoms with van der Waals surface area (Å²) < 4.78 is 38.2. The molecule has 2 aromatic carbocycles. The quantitative estimate of drug-likeness (QED) is 0.399. The van der Waals surface area contributed by atoms with Crippen LogP contribution in [0.15, 0.2) is 30.3 Å². The van der Waals surface area contributed by atoms with Gasteiger partial charge in [-0.3, -0.25) is 0 Å². The number of amides is 2. The molecule has 1 saturated carbocycles.